The molecule has 2 heterocycles. The zero-order chi connectivity index (χ0) is 13.0. The SMILES string of the molecule is CCC(C)NCc1nc(Cc2csc(C)n2)no1. The maximum atomic E-state index is 5.19. The van der Waals surface area contributed by atoms with Gasteiger partial charge < -0.3 is 9.84 Å². The molecule has 1 atom stereocenters. The fourth-order valence-corrected chi connectivity index (χ4v) is 2.10. The number of hydrogen-bond acceptors (Lipinski definition) is 6. The molecule has 0 saturated heterocycles. The summed E-state index contributed by atoms with van der Waals surface area (Å²) in [6.07, 6.45) is 1.72. The van der Waals surface area contributed by atoms with E-state index in [1.807, 2.05) is 12.3 Å². The second-order valence-corrected chi connectivity index (χ2v) is 5.39. The van der Waals surface area contributed by atoms with Crippen LogP contribution in [0.25, 0.3) is 0 Å². The maximum absolute atomic E-state index is 5.19. The van der Waals surface area contributed by atoms with E-state index in [1.165, 1.54) is 0 Å². The van der Waals surface area contributed by atoms with Gasteiger partial charge in [-0.3, -0.25) is 0 Å². The molecule has 0 aliphatic rings. The van der Waals surface area contributed by atoms with Gasteiger partial charge in [0, 0.05) is 11.4 Å². The molecule has 5 nitrogen and oxygen atoms in total. The van der Waals surface area contributed by atoms with E-state index in [0.29, 0.717) is 30.7 Å². The van der Waals surface area contributed by atoms with Crippen LogP contribution < -0.4 is 5.32 Å². The summed E-state index contributed by atoms with van der Waals surface area (Å²) in [7, 11) is 0. The average Bonchev–Trinajstić information content (AvgIpc) is 2.96. The van der Waals surface area contributed by atoms with Crippen LogP contribution in [0.1, 0.15) is 42.7 Å². The summed E-state index contributed by atoms with van der Waals surface area (Å²) in [5, 5.41) is 10.4. The number of thiazole rings is 1. The van der Waals surface area contributed by atoms with Crippen LogP contribution in [-0.2, 0) is 13.0 Å². The van der Waals surface area contributed by atoms with Crippen molar-refractivity contribution in [2.75, 3.05) is 0 Å². The van der Waals surface area contributed by atoms with E-state index in [0.717, 1.165) is 17.1 Å². The Hall–Kier alpha value is -1.27. The Morgan fingerprint density at radius 3 is 2.94 bits per heavy atom. The van der Waals surface area contributed by atoms with E-state index in [4.69, 9.17) is 4.52 Å². The molecule has 0 fully saturated rings. The van der Waals surface area contributed by atoms with Crippen molar-refractivity contribution < 1.29 is 4.52 Å². The molecular weight excluding hydrogens is 248 g/mol. The van der Waals surface area contributed by atoms with Gasteiger partial charge in [-0.25, -0.2) is 4.98 Å². The standard InChI is InChI=1S/C12H18N4OS/c1-4-8(2)13-6-12-15-11(16-17-12)5-10-7-18-9(3)14-10/h7-8,13H,4-6H2,1-3H3. The van der Waals surface area contributed by atoms with E-state index in [2.05, 4.69) is 34.3 Å². The van der Waals surface area contributed by atoms with Crippen LogP contribution in [0.3, 0.4) is 0 Å². The lowest BCUT2D eigenvalue weighted by Crippen LogP contribution is -2.24. The van der Waals surface area contributed by atoms with E-state index in [1.54, 1.807) is 11.3 Å². The van der Waals surface area contributed by atoms with Crippen LogP contribution in [0.5, 0.6) is 0 Å². The lowest BCUT2D eigenvalue weighted by molar-refractivity contribution is 0.354. The van der Waals surface area contributed by atoms with Crippen molar-refractivity contribution in [2.24, 2.45) is 0 Å². The largest absolute Gasteiger partial charge is 0.338 e. The van der Waals surface area contributed by atoms with Crippen molar-refractivity contribution in [3.8, 4) is 0 Å². The van der Waals surface area contributed by atoms with E-state index in [9.17, 15) is 0 Å². The Labute approximate surface area is 111 Å². The fourth-order valence-electron chi connectivity index (χ4n) is 1.49. The molecule has 0 radical (unpaired) electrons. The van der Waals surface area contributed by atoms with Crippen LogP contribution in [0.2, 0.25) is 0 Å². The van der Waals surface area contributed by atoms with Gasteiger partial charge in [-0.05, 0) is 20.3 Å². The Balaban J connectivity index is 1.90. The molecule has 0 spiro atoms. The molecule has 18 heavy (non-hydrogen) atoms. The number of nitrogens with zero attached hydrogens (tertiary/aromatic N) is 3. The number of hydrogen-bond donors (Lipinski definition) is 1. The maximum Gasteiger partial charge on any atom is 0.240 e. The second-order valence-electron chi connectivity index (χ2n) is 4.33. The summed E-state index contributed by atoms with van der Waals surface area (Å²) >= 11 is 1.64. The second kappa shape index (κ2) is 6.06. The van der Waals surface area contributed by atoms with E-state index < -0.39 is 0 Å². The van der Waals surface area contributed by atoms with E-state index >= 15 is 0 Å². The van der Waals surface area contributed by atoms with Crippen molar-refractivity contribution in [2.45, 2.75) is 46.2 Å². The summed E-state index contributed by atoms with van der Waals surface area (Å²) in [5.41, 5.74) is 1.000. The van der Waals surface area contributed by atoms with Gasteiger partial charge in [-0.1, -0.05) is 12.1 Å². The van der Waals surface area contributed by atoms with Gasteiger partial charge in [-0.2, -0.15) is 4.98 Å². The predicted octanol–water partition coefficient (Wildman–Crippen LogP) is 2.31. The zero-order valence-corrected chi connectivity index (χ0v) is 11.8. The minimum absolute atomic E-state index is 0.460. The fraction of sp³-hybridized carbons (Fsp3) is 0.583. The highest BCUT2D eigenvalue weighted by molar-refractivity contribution is 7.09. The Bertz CT molecular complexity index is 494. The van der Waals surface area contributed by atoms with Crippen LogP contribution >= 0.6 is 11.3 Å². The first-order valence-electron chi connectivity index (χ1n) is 6.13. The van der Waals surface area contributed by atoms with Crippen molar-refractivity contribution in [1.82, 2.24) is 20.4 Å². The Morgan fingerprint density at radius 2 is 2.28 bits per heavy atom. The van der Waals surface area contributed by atoms with Crippen molar-refractivity contribution in [3.05, 3.63) is 27.8 Å². The highest BCUT2D eigenvalue weighted by Crippen LogP contribution is 2.11. The van der Waals surface area contributed by atoms with Crippen LogP contribution in [-0.4, -0.2) is 21.2 Å². The van der Waals surface area contributed by atoms with Gasteiger partial charge in [0.05, 0.1) is 23.7 Å². The molecule has 0 aliphatic heterocycles. The van der Waals surface area contributed by atoms with Gasteiger partial charge in [0.1, 0.15) is 0 Å². The number of nitrogens with one attached hydrogen (secondary N) is 1. The van der Waals surface area contributed by atoms with E-state index in [-0.39, 0.29) is 0 Å². The number of aromatic nitrogens is 3. The summed E-state index contributed by atoms with van der Waals surface area (Å²) in [5.74, 6) is 1.33. The third-order valence-electron chi connectivity index (χ3n) is 2.73. The Morgan fingerprint density at radius 1 is 1.44 bits per heavy atom. The Kier molecular flexibility index (Phi) is 4.43. The van der Waals surface area contributed by atoms with Crippen molar-refractivity contribution in [3.63, 3.8) is 0 Å². The number of rotatable bonds is 6. The van der Waals surface area contributed by atoms with Gasteiger partial charge in [0.2, 0.25) is 5.89 Å². The third kappa shape index (κ3) is 3.61. The molecule has 0 aliphatic carbocycles. The highest BCUT2D eigenvalue weighted by atomic mass is 32.1. The van der Waals surface area contributed by atoms with Gasteiger partial charge in [0.15, 0.2) is 5.82 Å². The first-order chi connectivity index (χ1) is 8.67. The number of aryl methyl sites for hydroxylation is 1. The van der Waals surface area contributed by atoms with Crippen LogP contribution in [0.4, 0.5) is 0 Å². The highest BCUT2D eigenvalue weighted by Gasteiger charge is 2.09. The topological polar surface area (TPSA) is 63.8 Å². The normalized spacial score (nSPS) is 12.8. The van der Waals surface area contributed by atoms with Gasteiger partial charge in [0.25, 0.3) is 0 Å². The molecule has 1 N–H and O–H groups in total. The summed E-state index contributed by atoms with van der Waals surface area (Å²) in [4.78, 5) is 8.73. The lowest BCUT2D eigenvalue weighted by Gasteiger charge is -2.07. The quantitative estimate of drug-likeness (QED) is 0.869. The minimum Gasteiger partial charge on any atom is -0.338 e. The first kappa shape index (κ1) is 13.2. The lowest BCUT2D eigenvalue weighted by atomic mass is 10.2. The molecule has 0 saturated carbocycles. The summed E-state index contributed by atoms with van der Waals surface area (Å²) in [6, 6.07) is 0.460. The average molecular weight is 266 g/mol. The zero-order valence-electron chi connectivity index (χ0n) is 10.9. The van der Waals surface area contributed by atoms with Crippen LogP contribution in [0, 0.1) is 6.92 Å². The van der Waals surface area contributed by atoms with Crippen LogP contribution in [0.15, 0.2) is 9.90 Å². The smallest absolute Gasteiger partial charge is 0.240 e. The third-order valence-corrected chi connectivity index (χ3v) is 3.55. The molecule has 0 aromatic carbocycles. The molecular formula is C12H18N4OS. The summed E-state index contributed by atoms with van der Waals surface area (Å²) < 4.78 is 5.19. The minimum atomic E-state index is 0.460. The molecule has 98 valence electrons. The van der Waals surface area contributed by atoms with Crippen molar-refractivity contribution >= 4 is 11.3 Å². The predicted molar refractivity (Wildman–Crippen MR) is 70.5 cm³/mol. The molecule has 2 aromatic rings. The summed E-state index contributed by atoms with van der Waals surface area (Å²) in [6.45, 7) is 6.89. The molecule has 6 heteroatoms. The monoisotopic (exact) mass is 266 g/mol. The van der Waals surface area contributed by atoms with Gasteiger partial charge >= 0.3 is 0 Å². The molecule has 2 rings (SSSR count). The molecule has 0 bridgehead atoms. The molecule has 0 amide bonds. The van der Waals surface area contributed by atoms with Gasteiger partial charge in [-0.15, -0.1) is 11.3 Å². The molecule has 1 unspecified atom stereocenters. The van der Waals surface area contributed by atoms with Crippen molar-refractivity contribution in [1.29, 1.82) is 0 Å². The first-order valence-corrected chi connectivity index (χ1v) is 7.01. The molecule has 2 aromatic heterocycles.